The van der Waals surface area contributed by atoms with E-state index >= 15 is 0 Å². The highest BCUT2D eigenvalue weighted by Gasteiger charge is 2.37. The summed E-state index contributed by atoms with van der Waals surface area (Å²) in [7, 11) is 0. The average molecular weight is 392 g/mol. The van der Waals surface area contributed by atoms with Gasteiger partial charge in [0, 0.05) is 23.8 Å². The van der Waals surface area contributed by atoms with E-state index in [-0.39, 0.29) is 22.7 Å². The lowest BCUT2D eigenvalue weighted by Gasteiger charge is -2.42. The van der Waals surface area contributed by atoms with Crippen LogP contribution in [0, 0.1) is 0 Å². The van der Waals surface area contributed by atoms with E-state index in [1.54, 1.807) is 4.90 Å². The molecule has 3 N–H and O–H groups in total. The minimum Gasteiger partial charge on any atom is -0.391 e. The molecule has 0 radical (unpaired) electrons. The Bertz CT molecular complexity index is 671. The van der Waals surface area contributed by atoms with Crippen molar-refractivity contribution in [2.45, 2.75) is 43.6 Å². The van der Waals surface area contributed by atoms with Gasteiger partial charge in [-0.1, -0.05) is 11.6 Å². The Morgan fingerprint density at radius 1 is 1.27 bits per heavy atom. The molecular weight excluding hydrogens is 371 g/mol. The number of anilines is 1. The Morgan fingerprint density at radius 2 is 2.04 bits per heavy atom. The molecule has 2 fully saturated rings. The number of aliphatic hydroxyl groups is 1. The van der Waals surface area contributed by atoms with E-state index < -0.39 is 23.9 Å². The molecule has 3 atom stereocenters. The quantitative estimate of drug-likeness (QED) is 0.740. The Labute approximate surface area is 154 Å². The van der Waals surface area contributed by atoms with E-state index in [9.17, 15) is 23.1 Å². The van der Waals surface area contributed by atoms with Gasteiger partial charge in [-0.25, -0.2) is 0 Å². The predicted octanol–water partition coefficient (Wildman–Crippen LogP) is 2.48. The average Bonchev–Trinajstić information content (AvgIpc) is 2.56. The first-order valence-electron chi connectivity index (χ1n) is 8.59. The molecule has 9 heteroatoms. The van der Waals surface area contributed by atoms with Crippen molar-refractivity contribution in [1.29, 1.82) is 0 Å². The van der Waals surface area contributed by atoms with Gasteiger partial charge < -0.3 is 20.6 Å². The van der Waals surface area contributed by atoms with E-state index in [2.05, 4.69) is 10.6 Å². The van der Waals surface area contributed by atoms with E-state index in [1.165, 1.54) is 6.07 Å². The van der Waals surface area contributed by atoms with E-state index in [0.29, 0.717) is 38.9 Å². The van der Waals surface area contributed by atoms with Crippen LogP contribution in [0.4, 0.5) is 18.9 Å². The first-order chi connectivity index (χ1) is 12.3. The normalized spacial score (nSPS) is 27.5. The number of hydrogen-bond donors (Lipinski definition) is 3. The van der Waals surface area contributed by atoms with Crippen LogP contribution in [0.5, 0.6) is 0 Å². The number of halogens is 4. The number of aliphatic hydroxyl groups excluding tert-OH is 1. The fourth-order valence-corrected chi connectivity index (χ4v) is 3.78. The van der Waals surface area contributed by atoms with Crippen LogP contribution in [0.15, 0.2) is 18.2 Å². The smallest absolute Gasteiger partial charge is 0.391 e. The fourth-order valence-electron chi connectivity index (χ4n) is 3.55. The first-order valence-corrected chi connectivity index (χ1v) is 8.97. The van der Waals surface area contributed by atoms with Gasteiger partial charge >= 0.3 is 6.18 Å². The van der Waals surface area contributed by atoms with Crippen molar-refractivity contribution in [3.8, 4) is 0 Å². The molecule has 26 heavy (non-hydrogen) atoms. The molecule has 2 saturated heterocycles. The number of carbonyl (C=O) groups is 1. The summed E-state index contributed by atoms with van der Waals surface area (Å²) in [6, 6.07) is 2.23. The molecule has 0 saturated carbocycles. The molecule has 0 aromatic heterocycles. The molecule has 0 bridgehead atoms. The summed E-state index contributed by atoms with van der Waals surface area (Å²) in [5.74, 6) is -0.211. The van der Waals surface area contributed by atoms with Crippen molar-refractivity contribution < 1.29 is 23.1 Å². The summed E-state index contributed by atoms with van der Waals surface area (Å²) in [6.45, 7) is 1.74. The van der Waals surface area contributed by atoms with E-state index in [4.69, 9.17) is 11.6 Å². The second kappa shape index (κ2) is 7.62. The highest BCUT2D eigenvalue weighted by molar-refractivity contribution is 6.31. The standard InChI is InChI=1S/C17H21ClF3N3O2/c18-11-6-10(17(19,20)21)7-12(8-11)23-13-2-1-5-24(16(13)26)14-9-22-4-3-15(14)25/h6-8,13-15,22-23,25H,1-5,9H2. The Kier molecular flexibility index (Phi) is 5.64. The molecule has 5 nitrogen and oxygen atoms in total. The van der Waals surface area contributed by atoms with Crippen LogP contribution in [-0.2, 0) is 11.0 Å². The SMILES string of the molecule is O=C1C(Nc2cc(Cl)cc(C(F)(F)F)c2)CCCN1C1CNCCC1O. The highest BCUT2D eigenvalue weighted by atomic mass is 35.5. The molecule has 1 aromatic rings. The maximum absolute atomic E-state index is 13.0. The monoisotopic (exact) mass is 391 g/mol. The van der Waals surface area contributed by atoms with Crippen LogP contribution in [0.25, 0.3) is 0 Å². The predicted molar refractivity (Wildman–Crippen MR) is 92.1 cm³/mol. The van der Waals surface area contributed by atoms with Crippen LogP contribution in [0.3, 0.4) is 0 Å². The summed E-state index contributed by atoms with van der Waals surface area (Å²) in [4.78, 5) is 14.4. The third-order valence-corrected chi connectivity index (χ3v) is 5.07. The second-order valence-corrected chi connectivity index (χ2v) is 7.16. The second-order valence-electron chi connectivity index (χ2n) is 6.72. The summed E-state index contributed by atoms with van der Waals surface area (Å²) >= 11 is 5.80. The molecule has 144 valence electrons. The zero-order valence-electron chi connectivity index (χ0n) is 14.0. The maximum Gasteiger partial charge on any atom is 0.416 e. The van der Waals surface area contributed by atoms with Gasteiger partial charge in [-0.3, -0.25) is 4.79 Å². The number of likely N-dealkylation sites (tertiary alicyclic amines) is 1. The molecule has 3 rings (SSSR count). The van der Waals surface area contributed by atoms with Gasteiger partial charge in [-0.05, 0) is 44.0 Å². The lowest BCUT2D eigenvalue weighted by atomic mass is 9.96. The van der Waals surface area contributed by atoms with Crippen molar-refractivity contribution in [1.82, 2.24) is 10.2 Å². The maximum atomic E-state index is 13.0. The summed E-state index contributed by atoms with van der Waals surface area (Å²) in [6.07, 6.45) is -3.32. The topological polar surface area (TPSA) is 64.6 Å². The van der Waals surface area contributed by atoms with Gasteiger partial charge in [0.05, 0.1) is 17.7 Å². The number of amides is 1. The molecule has 3 unspecified atom stereocenters. The summed E-state index contributed by atoms with van der Waals surface area (Å²) in [5, 5.41) is 16.2. The van der Waals surface area contributed by atoms with E-state index in [0.717, 1.165) is 12.1 Å². The fraction of sp³-hybridized carbons (Fsp3) is 0.588. The van der Waals surface area contributed by atoms with Crippen LogP contribution in [0.1, 0.15) is 24.8 Å². The minimum absolute atomic E-state index is 0.0469. The van der Waals surface area contributed by atoms with Crippen molar-refractivity contribution in [2.75, 3.05) is 25.0 Å². The van der Waals surface area contributed by atoms with Gasteiger partial charge in [-0.2, -0.15) is 13.2 Å². The largest absolute Gasteiger partial charge is 0.416 e. The zero-order valence-corrected chi connectivity index (χ0v) is 14.8. The van der Waals surface area contributed by atoms with Crippen LogP contribution in [-0.4, -0.2) is 53.7 Å². The minimum atomic E-state index is -4.51. The Morgan fingerprint density at radius 3 is 2.73 bits per heavy atom. The van der Waals surface area contributed by atoms with E-state index in [1.807, 2.05) is 0 Å². The van der Waals surface area contributed by atoms with Crippen molar-refractivity contribution in [3.05, 3.63) is 28.8 Å². The number of alkyl halides is 3. The number of carbonyl (C=O) groups excluding carboxylic acids is 1. The highest BCUT2D eigenvalue weighted by Crippen LogP contribution is 2.34. The molecule has 1 amide bonds. The van der Waals surface area contributed by atoms with Crippen molar-refractivity contribution in [2.24, 2.45) is 0 Å². The van der Waals surface area contributed by atoms with Gasteiger partial charge in [0.25, 0.3) is 0 Å². The van der Waals surface area contributed by atoms with Crippen LogP contribution in [0.2, 0.25) is 5.02 Å². The zero-order chi connectivity index (χ0) is 18.9. The molecule has 2 aliphatic heterocycles. The third-order valence-electron chi connectivity index (χ3n) is 4.85. The number of piperidine rings is 2. The Hall–Kier alpha value is -1.51. The number of rotatable bonds is 3. The van der Waals surface area contributed by atoms with Gasteiger partial charge in [-0.15, -0.1) is 0 Å². The molecular formula is C17H21ClF3N3O2. The molecule has 1 aromatic carbocycles. The van der Waals surface area contributed by atoms with Gasteiger partial charge in [0.1, 0.15) is 6.04 Å². The molecule has 0 aliphatic carbocycles. The van der Waals surface area contributed by atoms with Gasteiger partial charge in [0.2, 0.25) is 5.91 Å². The number of hydrogen-bond acceptors (Lipinski definition) is 4. The molecule has 2 aliphatic rings. The molecule has 0 spiro atoms. The lowest BCUT2D eigenvalue weighted by molar-refractivity contribution is -0.140. The number of nitrogens with one attached hydrogen (secondary N) is 2. The molecule has 2 heterocycles. The third kappa shape index (κ3) is 4.24. The van der Waals surface area contributed by atoms with Crippen molar-refractivity contribution >= 4 is 23.2 Å². The Balaban J connectivity index is 1.75. The number of benzene rings is 1. The van der Waals surface area contributed by atoms with Crippen molar-refractivity contribution in [3.63, 3.8) is 0 Å². The van der Waals surface area contributed by atoms with Crippen LogP contribution < -0.4 is 10.6 Å². The summed E-state index contributed by atoms with van der Waals surface area (Å²) < 4.78 is 38.9. The van der Waals surface area contributed by atoms with Crippen LogP contribution >= 0.6 is 11.6 Å². The summed E-state index contributed by atoms with van der Waals surface area (Å²) in [5.41, 5.74) is -0.702. The number of nitrogens with zero attached hydrogens (tertiary/aromatic N) is 1. The lowest BCUT2D eigenvalue weighted by Crippen LogP contribution is -2.60. The van der Waals surface area contributed by atoms with Gasteiger partial charge in [0.15, 0.2) is 0 Å². The first kappa shape index (κ1) is 19.3.